The Morgan fingerprint density at radius 2 is 1.84 bits per heavy atom. The second-order valence-electron chi connectivity index (χ2n) is 7.50. The third kappa shape index (κ3) is 4.67. The zero-order valence-corrected chi connectivity index (χ0v) is 18.1. The number of hydrogen-bond donors (Lipinski definition) is 1. The molecule has 0 bridgehead atoms. The molecule has 0 aliphatic carbocycles. The van der Waals surface area contributed by atoms with Gasteiger partial charge in [0.05, 0.1) is 11.4 Å². The van der Waals surface area contributed by atoms with Gasteiger partial charge in [0.15, 0.2) is 0 Å². The van der Waals surface area contributed by atoms with Gasteiger partial charge in [0, 0.05) is 24.2 Å². The summed E-state index contributed by atoms with van der Waals surface area (Å²) in [7, 11) is -3.62. The topological polar surface area (TPSA) is 105 Å². The van der Waals surface area contributed by atoms with E-state index in [0.717, 1.165) is 24.8 Å². The van der Waals surface area contributed by atoms with E-state index in [1.165, 1.54) is 10.4 Å². The first kappa shape index (κ1) is 21.2. The predicted molar refractivity (Wildman–Crippen MR) is 115 cm³/mol. The Balaban J connectivity index is 1.47. The average molecular weight is 441 g/mol. The summed E-state index contributed by atoms with van der Waals surface area (Å²) in [6.07, 6.45) is 2.75. The summed E-state index contributed by atoms with van der Waals surface area (Å²) in [5.74, 6) is 0.310. The van der Waals surface area contributed by atoms with Crippen LogP contribution in [0.5, 0.6) is 0 Å². The number of aromatic nitrogens is 2. The lowest BCUT2D eigenvalue weighted by Gasteiger charge is -2.26. The molecule has 8 nitrogen and oxygen atoms in total. The van der Waals surface area contributed by atoms with Crippen molar-refractivity contribution in [2.75, 3.05) is 13.1 Å². The molecule has 1 amide bonds. The number of hydrogen-bond acceptors (Lipinski definition) is 6. The lowest BCUT2D eigenvalue weighted by atomic mass is 10.1. The summed E-state index contributed by atoms with van der Waals surface area (Å²) in [4.78, 5) is 17.2. The molecule has 2 aromatic carbocycles. The average Bonchev–Trinajstić information content (AvgIpc) is 3.28. The van der Waals surface area contributed by atoms with Gasteiger partial charge in [-0.1, -0.05) is 48.0 Å². The molecule has 162 valence electrons. The highest BCUT2D eigenvalue weighted by Crippen LogP contribution is 2.23. The van der Waals surface area contributed by atoms with Crippen LogP contribution in [0, 0.1) is 6.92 Å². The second-order valence-corrected chi connectivity index (χ2v) is 9.44. The third-order valence-electron chi connectivity index (χ3n) is 5.31. The molecule has 4 rings (SSSR count). The van der Waals surface area contributed by atoms with Crippen LogP contribution in [0.1, 0.15) is 41.1 Å². The highest BCUT2D eigenvalue weighted by atomic mass is 32.2. The van der Waals surface area contributed by atoms with Gasteiger partial charge >= 0.3 is 0 Å². The van der Waals surface area contributed by atoms with Gasteiger partial charge in [-0.15, -0.1) is 0 Å². The van der Waals surface area contributed by atoms with Crippen LogP contribution in [0.3, 0.4) is 0 Å². The van der Waals surface area contributed by atoms with Crippen molar-refractivity contribution in [3.8, 4) is 11.4 Å². The summed E-state index contributed by atoms with van der Waals surface area (Å²) < 4.78 is 32.6. The Morgan fingerprint density at radius 3 is 2.58 bits per heavy atom. The van der Waals surface area contributed by atoms with Crippen molar-refractivity contribution in [3.05, 3.63) is 65.5 Å². The third-order valence-corrected chi connectivity index (χ3v) is 7.20. The normalized spacial score (nSPS) is 15.0. The van der Waals surface area contributed by atoms with Crippen LogP contribution in [0.25, 0.3) is 11.4 Å². The number of aryl methyl sites for hydroxylation is 1. The van der Waals surface area contributed by atoms with Gasteiger partial charge in [0.2, 0.25) is 21.7 Å². The standard InChI is InChI=1S/C22H24N4O4S/c1-16-10-11-18(31(28,29)26-12-6-3-7-13-26)14-19(16)22(27)23-15-20-24-21(25-30-20)17-8-4-2-5-9-17/h2,4-5,8-11,14H,3,6-7,12-13,15H2,1H3,(H,23,27). The fourth-order valence-corrected chi connectivity index (χ4v) is 5.09. The van der Waals surface area contributed by atoms with E-state index in [1.54, 1.807) is 19.1 Å². The number of carbonyl (C=O) groups excluding carboxylic acids is 1. The molecule has 0 radical (unpaired) electrons. The van der Waals surface area contributed by atoms with E-state index in [1.807, 2.05) is 30.3 Å². The van der Waals surface area contributed by atoms with Gasteiger partial charge in [-0.2, -0.15) is 9.29 Å². The Bertz CT molecular complexity index is 1170. The minimum Gasteiger partial charge on any atom is -0.343 e. The quantitative estimate of drug-likeness (QED) is 0.631. The van der Waals surface area contributed by atoms with Crippen LogP contribution in [0.4, 0.5) is 0 Å². The summed E-state index contributed by atoms with van der Waals surface area (Å²) in [6, 6.07) is 14.0. The van der Waals surface area contributed by atoms with Crippen molar-refractivity contribution in [3.63, 3.8) is 0 Å². The van der Waals surface area contributed by atoms with Gasteiger partial charge in [0.1, 0.15) is 0 Å². The molecule has 1 saturated heterocycles. The smallest absolute Gasteiger partial charge is 0.252 e. The van der Waals surface area contributed by atoms with E-state index >= 15 is 0 Å². The van der Waals surface area contributed by atoms with Gasteiger partial charge in [-0.3, -0.25) is 4.79 Å². The molecule has 31 heavy (non-hydrogen) atoms. The fourth-order valence-electron chi connectivity index (χ4n) is 3.54. The molecule has 2 heterocycles. The van der Waals surface area contributed by atoms with Crippen molar-refractivity contribution in [2.45, 2.75) is 37.6 Å². The first-order chi connectivity index (χ1) is 14.9. The van der Waals surface area contributed by atoms with Crippen molar-refractivity contribution < 1.29 is 17.7 Å². The summed E-state index contributed by atoms with van der Waals surface area (Å²) in [5, 5.41) is 6.67. The van der Waals surface area contributed by atoms with Gasteiger partial charge < -0.3 is 9.84 Å². The molecule has 0 unspecified atom stereocenters. The molecular weight excluding hydrogens is 416 g/mol. The molecular formula is C22H24N4O4S. The molecule has 0 spiro atoms. The van der Waals surface area contributed by atoms with Crippen LogP contribution < -0.4 is 5.32 Å². The predicted octanol–water partition coefficient (Wildman–Crippen LogP) is 3.15. The van der Waals surface area contributed by atoms with E-state index in [4.69, 9.17) is 4.52 Å². The Hall–Kier alpha value is -3.04. The zero-order chi connectivity index (χ0) is 21.8. The molecule has 0 saturated carbocycles. The molecule has 1 N–H and O–H groups in total. The summed E-state index contributed by atoms with van der Waals surface area (Å²) >= 11 is 0. The Kier molecular flexibility index (Phi) is 6.15. The van der Waals surface area contributed by atoms with Crippen molar-refractivity contribution in [1.29, 1.82) is 0 Å². The van der Waals surface area contributed by atoms with Crippen molar-refractivity contribution in [1.82, 2.24) is 19.8 Å². The molecule has 1 aromatic heterocycles. The van der Waals surface area contributed by atoms with Crippen LogP contribution in [0.2, 0.25) is 0 Å². The maximum Gasteiger partial charge on any atom is 0.252 e. The maximum atomic E-state index is 13.0. The van der Waals surface area contributed by atoms with E-state index in [0.29, 0.717) is 30.0 Å². The maximum absolute atomic E-state index is 13.0. The van der Waals surface area contributed by atoms with Gasteiger partial charge in [0.25, 0.3) is 5.91 Å². The largest absolute Gasteiger partial charge is 0.343 e. The first-order valence-electron chi connectivity index (χ1n) is 10.2. The molecule has 1 fully saturated rings. The number of amides is 1. The number of benzene rings is 2. The minimum atomic E-state index is -3.62. The SMILES string of the molecule is Cc1ccc(S(=O)(=O)N2CCCCC2)cc1C(=O)NCc1nc(-c2ccccc2)no1. The molecule has 9 heteroatoms. The molecule has 3 aromatic rings. The highest BCUT2D eigenvalue weighted by Gasteiger charge is 2.27. The number of sulfonamides is 1. The second kappa shape index (κ2) is 8.99. The highest BCUT2D eigenvalue weighted by molar-refractivity contribution is 7.89. The van der Waals surface area contributed by atoms with Crippen LogP contribution in [-0.2, 0) is 16.6 Å². The van der Waals surface area contributed by atoms with Crippen LogP contribution >= 0.6 is 0 Å². The first-order valence-corrected chi connectivity index (χ1v) is 11.7. The van der Waals surface area contributed by atoms with E-state index < -0.39 is 15.9 Å². The molecule has 1 aliphatic rings. The van der Waals surface area contributed by atoms with E-state index in [9.17, 15) is 13.2 Å². The zero-order valence-electron chi connectivity index (χ0n) is 17.2. The number of nitrogens with one attached hydrogen (secondary N) is 1. The molecule has 0 atom stereocenters. The minimum absolute atomic E-state index is 0.0429. The van der Waals surface area contributed by atoms with Crippen molar-refractivity contribution in [2.24, 2.45) is 0 Å². The fraction of sp³-hybridized carbons (Fsp3) is 0.318. The Morgan fingerprint density at radius 1 is 1.10 bits per heavy atom. The van der Waals surface area contributed by atoms with Gasteiger partial charge in [-0.25, -0.2) is 8.42 Å². The number of piperidine rings is 1. The van der Waals surface area contributed by atoms with Crippen LogP contribution in [-0.4, -0.2) is 41.9 Å². The lowest BCUT2D eigenvalue weighted by Crippen LogP contribution is -2.35. The number of carbonyl (C=O) groups is 1. The summed E-state index contributed by atoms with van der Waals surface area (Å²) in [6.45, 7) is 2.84. The van der Waals surface area contributed by atoms with E-state index in [-0.39, 0.29) is 17.3 Å². The van der Waals surface area contributed by atoms with Crippen molar-refractivity contribution >= 4 is 15.9 Å². The van der Waals surface area contributed by atoms with E-state index in [2.05, 4.69) is 15.5 Å². The monoisotopic (exact) mass is 440 g/mol. The van der Waals surface area contributed by atoms with Crippen LogP contribution in [0.15, 0.2) is 57.9 Å². The van der Waals surface area contributed by atoms with Gasteiger partial charge in [-0.05, 0) is 37.5 Å². The Labute approximate surface area is 181 Å². The number of nitrogens with zero attached hydrogens (tertiary/aromatic N) is 3. The molecule has 1 aliphatic heterocycles. The lowest BCUT2D eigenvalue weighted by molar-refractivity contribution is 0.0945. The number of rotatable bonds is 6. The summed E-state index contributed by atoms with van der Waals surface area (Å²) in [5.41, 5.74) is 1.81.